The molecule has 2 rings (SSSR count). The van der Waals surface area contributed by atoms with Crippen molar-refractivity contribution in [3.63, 3.8) is 0 Å². The van der Waals surface area contributed by atoms with Crippen LogP contribution >= 0.6 is 11.6 Å². The van der Waals surface area contributed by atoms with E-state index in [4.69, 9.17) is 11.6 Å². The Morgan fingerprint density at radius 2 is 1.76 bits per heavy atom. The minimum Gasteiger partial charge on any atom is -0.294 e. The van der Waals surface area contributed by atoms with Crippen LogP contribution in [0.1, 0.15) is 36.5 Å². The molecule has 3 heteroatoms. The molecule has 0 aromatic heterocycles. The molecule has 0 bridgehead atoms. The monoisotopic (exact) mass is 251 g/mol. The van der Waals surface area contributed by atoms with E-state index in [0.29, 0.717) is 5.02 Å². The van der Waals surface area contributed by atoms with Gasteiger partial charge in [0.15, 0.2) is 5.78 Å². The first-order valence-corrected chi connectivity index (χ1v) is 6.60. The van der Waals surface area contributed by atoms with Crippen LogP contribution in [0, 0.1) is 0 Å². The van der Waals surface area contributed by atoms with Gasteiger partial charge >= 0.3 is 0 Å². The average molecular weight is 252 g/mol. The number of likely N-dealkylation sites (tertiary alicyclic amines) is 1. The zero-order valence-corrected chi connectivity index (χ0v) is 10.9. The molecule has 0 radical (unpaired) electrons. The van der Waals surface area contributed by atoms with E-state index in [1.54, 1.807) is 12.1 Å². The number of hydrogen-bond acceptors (Lipinski definition) is 2. The molecule has 92 valence electrons. The van der Waals surface area contributed by atoms with Gasteiger partial charge in [-0.25, -0.2) is 0 Å². The molecule has 17 heavy (non-hydrogen) atoms. The first kappa shape index (κ1) is 12.6. The lowest BCUT2D eigenvalue weighted by Crippen LogP contribution is -2.42. The topological polar surface area (TPSA) is 20.3 Å². The summed E-state index contributed by atoms with van der Waals surface area (Å²) in [7, 11) is 0. The van der Waals surface area contributed by atoms with Crippen molar-refractivity contribution in [2.45, 2.75) is 32.2 Å². The third-order valence-electron chi connectivity index (χ3n) is 3.45. The maximum absolute atomic E-state index is 12.3. The van der Waals surface area contributed by atoms with E-state index in [2.05, 4.69) is 4.90 Å². The molecular weight excluding hydrogens is 234 g/mol. The van der Waals surface area contributed by atoms with Gasteiger partial charge in [0.1, 0.15) is 0 Å². The predicted molar refractivity (Wildman–Crippen MR) is 70.7 cm³/mol. The van der Waals surface area contributed by atoms with Crippen LogP contribution in [0.2, 0.25) is 5.02 Å². The molecule has 0 amide bonds. The lowest BCUT2D eigenvalue weighted by molar-refractivity contribution is 0.0809. The second-order valence-electron chi connectivity index (χ2n) is 4.64. The van der Waals surface area contributed by atoms with Crippen molar-refractivity contribution in [2.75, 3.05) is 13.1 Å². The van der Waals surface area contributed by atoms with E-state index in [1.165, 1.54) is 19.3 Å². The molecule has 1 saturated heterocycles. The van der Waals surface area contributed by atoms with Crippen LogP contribution in [-0.4, -0.2) is 29.8 Å². The van der Waals surface area contributed by atoms with Gasteiger partial charge in [-0.05, 0) is 57.1 Å². The maximum atomic E-state index is 12.3. The van der Waals surface area contributed by atoms with E-state index in [0.717, 1.165) is 18.7 Å². The fraction of sp³-hybridized carbons (Fsp3) is 0.500. The Morgan fingerprint density at radius 3 is 2.35 bits per heavy atom. The minimum atomic E-state index is -0.0172. The molecule has 0 saturated carbocycles. The summed E-state index contributed by atoms with van der Waals surface area (Å²) in [5.74, 6) is 0.198. The smallest absolute Gasteiger partial charge is 0.179 e. The number of piperidine rings is 1. The number of hydrogen-bond donors (Lipinski definition) is 0. The Bertz CT molecular complexity index is 382. The Kier molecular flexibility index (Phi) is 4.19. The maximum Gasteiger partial charge on any atom is 0.179 e. The Balaban J connectivity index is 2.05. The van der Waals surface area contributed by atoms with Crippen LogP contribution < -0.4 is 0 Å². The number of ketones is 1. The van der Waals surface area contributed by atoms with Crippen molar-refractivity contribution < 1.29 is 4.79 Å². The molecule has 1 heterocycles. The van der Waals surface area contributed by atoms with Gasteiger partial charge in [0.25, 0.3) is 0 Å². The van der Waals surface area contributed by atoms with Gasteiger partial charge in [-0.2, -0.15) is 0 Å². The van der Waals surface area contributed by atoms with Gasteiger partial charge in [0.05, 0.1) is 6.04 Å². The van der Waals surface area contributed by atoms with Gasteiger partial charge in [-0.3, -0.25) is 9.69 Å². The van der Waals surface area contributed by atoms with E-state index >= 15 is 0 Å². The predicted octanol–water partition coefficient (Wildman–Crippen LogP) is 3.40. The third-order valence-corrected chi connectivity index (χ3v) is 3.70. The van der Waals surface area contributed by atoms with Crippen LogP contribution in [0.25, 0.3) is 0 Å². The van der Waals surface area contributed by atoms with Crippen molar-refractivity contribution in [3.05, 3.63) is 34.9 Å². The van der Waals surface area contributed by atoms with Gasteiger partial charge < -0.3 is 0 Å². The first-order chi connectivity index (χ1) is 8.18. The molecular formula is C14H18ClNO. The second-order valence-corrected chi connectivity index (χ2v) is 5.08. The molecule has 0 aliphatic carbocycles. The van der Waals surface area contributed by atoms with E-state index in [1.807, 2.05) is 19.1 Å². The highest BCUT2D eigenvalue weighted by Gasteiger charge is 2.23. The highest BCUT2D eigenvalue weighted by molar-refractivity contribution is 6.30. The number of benzene rings is 1. The van der Waals surface area contributed by atoms with Crippen molar-refractivity contribution in [1.29, 1.82) is 0 Å². The summed E-state index contributed by atoms with van der Waals surface area (Å²) < 4.78 is 0. The molecule has 1 aromatic carbocycles. The van der Waals surface area contributed by atoms with E-state index in [-0.39, 0.29) is 11.8 Å². The van der Waals surface area contributed by atoms with Crippen LogP contribution in [0.3, 0.4) is 0 Å². The highest BCUT2D eigenvalue weighted by atomic mass is 35.5. The summed E-state index contributed by atoms with van der Waals surface area (Å²) in [6.07, 6.45) is 3.70. The molecule has 2 nitrogen and oxygen atoms in total. The van der Waals surface area contributed by atoms with Crippen LogP contribution in [0.15, 0.2) is 24.3 Å². The molecule has 0 spiro atoms. The van der Waals surface area contributed by atoms with E-state index < -0.39 is 0 Å². The number of nitrogens with zero attached hydrogens (tertiary/aromatic N) is 1. The summed E-state index contributed by atoms with van der Waals surface area (Å²) in [6, 6.07) is 7.16. The third kappa shape index (κ3) is 3.08. The number of Topliss-reactive ketones (excluding diaryl/α,β-unsaturated/α-hetero) is 1. The minimum absolute atomic E-state index is 0.0172. The molecule has 0 N–H and O–H groups in total. The molecule has 1 atom stereocenters. The quantitative estimate of drug-likeness (QED) is 0.768. The van der Waals surface area contributed by atoms with E-state index in [9.17, 15) is 4.79 Å². The first-order valence-electron chi connectivity index (χ1n) is 6.22. The summed E-state index contributed by atoms with van der Waals surface area (Å²) in [5, 5.41) is 0.673. The molecule has 1 aliphatic rings. The second kappa shape index (κ2) is 5.65. The number of halogens is 1. The zero-order valence-electron chi connectivity index (χ0n) is 10.2. The Morgan fingerprint density at radius 1 is 1.18 bits per heavy atom. The van der Waals surface area contributed by atoms with Gasteiger partial charge in [-0.1, -0.05) is 18.0 Å². The summed E-state index contributed by atoms with van der Waals surface area (Å²) in [4.78, 5) is 14.5. The molecule has 1 aromatic rings. The highest BCUT2D eigenvalue weighted by Crippen LogP contribution is 2.17. The summed E-state index contributed by atoms with van der Waals surface area (Å²) in [6.45, 7) is 4.09. The fourth-order valence-corrected chi connectivity index (χ4v) is 2.45. The van der Waals surface area contributed by atoms with Crippen molar-refractivity contribution in [2.24, 2.45) is 0 Å². The largest absolute Gasteiger partial charge is 0.294 e. The van der Waals surface area contributed by atoms with Crippen molar-refractivity contribution >= 4 is 17.4 Å². The number of carbonyl (C=O) groups is 1. The van der Waals surface area contributed by atoms with Gasteiger partial charge in [0.2, 0.25) is 0 Å². The van der Waals surface area contributed by atoms with Crippen LogP contribution in [0.5, 0.6) is 0 Å². The standard InChI is InChI=1S/C14H18ClNO/c1-11(16-9-3-2-4-10-16)14(17)12-5-7-13(15)8-6-12/h5-8,11H,2-4,9-10H2,1H3. The van der Waals surface area contributed by atoms with Gasteiger partial charge in [-0.15, -0.1) is 0 Å². The summed E-state index contributed by atoms with van der Waals surface area (Å²) >= 11 is 5.82. The molecule has 1 unspecified atom stereocenters. The molecule has 1 fully saturated rings. The normalized spacial score (nSPS) is 18.9. The Hall–Kier alpha value is -0.860. The van der Waals surface area contributed by atoms with Crippen molar-refractivity contribution in [1.82, 2.24) is 4.90 Å². The van der Waals surface area contributed by atoms with Crippen molar-refractivity contribution in [3.8, 4) is 0 Å². The lowest BCUT2D eigenvalue weighted by Gasteiger charge is -2.31. The average Bonchev–Trinajstić information content (AvgIpc) is 2.39. The number of carbonyl (C=O) groups excluding carboxylic acids is 1. The number of rotatable bonds is 3. The van der Waals surface area contributed by atoms with Crippen LogP contribution in [-0.2, 0) is 0 Å². The molecule has 1 aliphatic heterocycles. The lowest BCUT2D eigenvalue weighted by atomic mass is 10.0. The van der Waals surface area contributed by atoms with Gasteiger partial charge in [0, 0.05) is 10.6 Å². The fourth-order valence-electron chi connectivity index (χ4n) is 2.33. The zero-order chi connectivity index (χ0) is 12.3. The SMILES string of the molecule is CC(C(=O)c1ccc(Cl)cc1)N1CCCCC1. The Labute approximate surface area is 108 Å². The summed E-state index contributed by atoms with van der Waals surface area (Å²) in [5.41, 5.74) is 0.757. The van der Waals surface area contributed by atoms with Crippen LogP contribution in [0.4, 0.5) is 0 Å².